The van der Waals surface area contributed by atoms with Crippen molar-refractivity contribution < 1.29 is 9.21 Å². The van der Waals surface area contributed by atoms with Crippen molar-refractivity contribution in [2.75, 3.05) is 5.32 Å². The van der Waals surface area contributed by atoms with Crippen molar-refractivity contribution >= 4 is 78.9 Å². The molecule has 31 heavy (non-hydrogen) atoms. The molecule has 0 aliphatic rings. The molecule has 2 aromatic heterocycles. The maximum atomic E-state index is 12.7. The summed E-state index contributed by atoms with van der Waals surface area (Å²) in [7, 11) is 0. The third-order valence-corrected chi connectivity index (χ3v) is 6.94. The van der Waals surface area contributed by atoms with Crippen molar-refractivity contribution in [3.63, 3.8) is 0 Å². The zero-order valence-electron chi connectivity index (χ0n) is 15.8. The third-order valence-electron chi connectivity index (χ3n) is 4.76. The summed E-state index contributed by atoms with van der Waals surface area (Å²) in [4.78, 5) is 17.7. The number of nitrogens with zero attached hydrogens (tertiary/aromatic N) is 1. The number of oxazole rings is 1. The van der Waals surface area contributed by atoms with E-state index in [1.807, 2.05) is 48.5 Å². The van der Waals surface area contributed by atoms with E-state index < -0.39 is 0 Å². The van der Waals surface area contributed by atoms with Crippen LogP contribution in [0.2, 0.25) is 15.1 Å². The first-order chi connectivity index (χ1) is 15.0. The molecule has 0 fully saturated rings. The van der Waals surface area contributed by atoms with Crippen molar-refractivity contribution in [1.82, 2.24) is 4.98 Å². The van der Waals surface area contributed by atoms with Gasteiger partial charge in [0.1, 0.15) is 10.4 Å². The number of hydrogen-bond donors (Lipinski definition) is 1. The Labute approximate surface area is 196 Å². The molecule has 5 aromatic rings. The number of halogens is 3. The highest BCUT2D eigenvalue weighted by Crippen LogP contribution is 2.35. The average molecular weight is 488 g/mol. The standard InChI is InChI=1S/C23H13Cl3N2O2S/c24-13-10-16(25)21-17(11-13)28-19(30-21)9-12-5-7-14(8-6-12)27-23(29)22-20(26)15-3-1-2-4-18(15)31-22/h1-8,10-11H,9H2,(H,27,29). The molecule has 0 atom stereocenters. The normalized spacial score (nSPS) is 11.3. The maximum Gasteiger partial charge on any atom is 0.267 e. The van der Waals surface area contributed by atoms with Gasteiger partial charge in [0.2, 0.25) is 0 Å². The molecule has 1 amide bonds. The van der Waals surface area contributed by atoms with E-state index in [1.165, 1.54) is 11.3 Å². The number of benzene rings is 3. The highest BCUT2D eigenvalue weighted by molar-refractivity contribution is 7.21. The Hall–Kier alpha value is -2.57. The van der Waals surface area contributed by atoms with Gasteiger partial charge >= 0.3 is 0 Å². The molecule has 2 heterocycles. The van der Waals surface area contributed by atoms with E-state index >= 15 is 0 Å². The number of rotatable bonds is 4. The Balaban J connectivity index is 1.32. The molecule has 0 saturated carbocycles. The van der Waals surface area contributed by atoms with Crippen LogP contribution in [0, 0.1) is 0 Å². The van der Waals surface area contributed by atoms with Crippen molar-refractivity contribution in [2.45, 2.75) is 6.42 Å². The first-order valence-electron chi connectivity index (χ1n) is 9.30. The second kappa shape index (κ2) is 8.17. The number of nitrogens with one attached hydrogen (secondary N) is 1. The van der Waals surface area contributed by atoms with Gasteiger partial charge in [0.25, 0.3) is 5.91 Å². The number of thiophene rings is 1. The number of aromatic nitrogens is 1. The Morgan fingerprint density at radius 3 is 2.58 bits per heavy atom. The summed E-state index contributed by atoms with van der Waals surface area (Å²) in [5.74, 6) is 0.303. The third kappa shape index (κ3) is 4.02. The first kappa shape index (κ1) is 20.3. The smallest absolute Gasteiger partial charge is 0.267 e. The van der Waals surface area contributed by atoms with Crippen LogP contribution in [0.3, 0.4) is 0 Å². The highest BCUT2D eigenvalue weighted by Gasteiger charge is 2.17. The highest BCUT2D eigenvalue weighted by atomic mass is 35.5. The van der Waals surface area contributed by atoms with Gasteiger partial charge < -0.3 is 9.73 Å². The number of carbonyl (C=O) groups excluding carboxylic acids is 1. The molecule has 8 heteroatoms. The van der Waals surface area contributed by atoms with E-state index in [1.54, 1.807) is 12.1 Å². The summed E-state index contributed by atoms with van der Waals surface area (Å²) >= 11 is 20.0. The maximum absolute atomic E-state index is 12.7. The van der Waals surface area contributed by atoms with Gasteiger partial charge in [-0.05, 0) is 35.9 Å². The summed E-state index contributed by atoms with van der Waals surface area (Å²) in [6, 6.07) is 18.5. The van der Waals surface area contributed by atoms with E-state index in [2.05, 4.69) is 10.3 Å². The number of anilines is 1. The summed E-state index contributed by atoms with van der Waals surface area (Å²) in [5, 5.41) is 5.20. The van der Waals surface area contributed by atoms with E-state index in [0.717, 1.165) is 15.6 Å². The van der Waals surface area contributed by atoms with Crippen molar-refractivity contribution in [1.29, 1.82) is 0 Å². The average Bonchev–Trinajstić information content (AvgIpc) is 3.30. The van der Waals surface area contributed by atoms with Crippen LogP contribution in [0.5, 0.6) is 0 Å². The summed E-state index contributed by atoms with van der Waals surface area (Å²) < 4.78 is 6.75. The van der Waals surface area contributed by atoms with Crippen LogP contribution < -0.4 is 5.32 Å². The lowest BCUT2D eigenvalue weighted by Gasteiger charge is -2.05. The fraction of sp³-hybridized carbons (Fsp3) is 0.0435. The molecule has 0 spiro atoms. The summed E-state index contributed by atoms with van der Waals surface area (Å²) in [6.45, 7) is 0. The van der Waals surface area contributed by atoms with Crippen LogP contribution >= 0.6 is 46.1 Å². The van der Waals surface area contributed by atoms with Gasteiger partial charge in [0.05, 0.1) is 10.0 Å². The minimum absolute atomic E-state index is 0.232. The topological polar surface area (TPSA) is 55.1 Å². The van der Waals surface area contributed by atoms with Gasteiger partial charge in [0.15, 0.2) is 11.5 Å². The van der Waals surface area contributed by atoms with Gasteiger partial charge in [0, 0.05) is 27.2 Å². The van der Waals surface area contributed by atoms with Gasteiger partial charge in [-0.3, -0.25) is 4.79 Å². The van der Waals surface area contributed by atoms with Crippen molar-refractivity contribution in [2.24, 2.45) is 0 Å². The fourth-order valence-corrected chi connectivity index (χ4v) is 5.24. The number of fused-ring (bicyclic) bond motifs is 2. The number of amides is 1. The van der Waals surface area contributed by atoms with Crippen LogP contribution in [-0.4, -0.2) is 10.9 Å². The van der Waals surface area contributed by atoms with Gasteiger partial charge in [-0.2, -0.15) is 0 Å². The SMILES string of the molecule is O=C(Nc1ccc(Cc2nc3cc(Cl)cc(Cl)c3o2)cc1)c1sc2ccccc2c1Cl. The van der Waals surface area contributed by atoms with Crippen molar-refractivity contribution in [3.05, 3.63) is 92.1 Å². The van der Waals surface area contributed by atoms with Gasteiger partial charge in [-0.15, -0.1) is 11.3 Å². The molecule has 0 aliphatic carbocycles. The van der Waals surface area contributed by atoms with E-state index in [4.69, 9.17) is 39.2 Å². The van der Waals surface area contributed by atoms with Crippen molar-refractivity contribution in [3.8, 4) is 0 Å². The van der Waals surface area contributed by atoms with Crippen LogP contribution in [0.25, 0.3) is 21.2 Å². The largest absolute Gasteiger partial charge is 0.439 e. The Bertz CT molecular complexity index is 1440. The second-order valence-corrected chi connectivity index (χ2v) is 9.19. The lowest BCUT2D eigenvalue weighted by atomic mass is 10.1. The lowest BCUT2D eigenvalue weighted by Crippen LogP contribution is -2.10. The van der Waals surface area contributed by atoms with E-state index in [0.29, 0.717) is 49.0 Å². The van der Waals surface area contributed by atoms with Gasteiger partial charge in [-0.25, -0.2) is 4.98 Å². The first-order valence-corrected chi connectivity index (χ1v) is 11.2. The zero-order valence-corrected chi connectivity index (χ0v) is 18.9. The zero-order chi connectivity index (χ0) is 21.5. The minimum Gasteiger partial charge on any atom is -0.439 e. The molecule has 0 saturated heterocycles. The van der Waals surface area contributed by atoms with Gasteiger partial charge in [-0.1, -0.05) is 65.1 Å². The predicted octanol–water partition coefficient (Wildman–Crippen LogP) is 7.85. The molecule has 0 radical (unpaired) electrons. The predicted molar refractivity (Wildman–Crippen MR) is 128 cm³/mol. The molecule has 5 rings (SSSR count). The number of carbonyl (C=O) groups is 1. The Morgan fingerprint density at radius 1 is 1.03 bits per heavy atom. The summed E-state index contributed by atoms with van der Waals surface area (Å²) in [6.07, 6.45) is 0.485. The molecule has 0 bridgehead atoms. The molecular formula is C23H13Cl3N2O2S. The summed E-state index contributed by atoms with van der Waals surface area (Å²) in [5.41, 5.74) is 2.79. The molecule has 154 valence electrons. The second-order valence-electron chi connectivity index (χ2n) is 6.91. The Morgan fingerprint density at radius 2 is 1.81 bits per heavy atom. The Kier molecular flexibility index (Phi) is 5.36. The monoisotopic (exact) mass is 486 g/mol. The quantitative estimate of drug-likeness (QED) is 0.281. The molecule has 4 nitrogen and oxygen atoms in total. The minimum atomic E-state index is -0.232. The molecule has 0 aliphatic heterocycles. The van der Waals surface area contributed by atoms with E-state index in [-0.39, 0.29) is 5.91 Å². The lowest BCUT2D eigenvalue weighted by molar-refractivity contribution is 0.103. The molecule has 0 unspecified atom stereocenters. The van der Waals surface area contributed by atoms with Crippen LogP contribution in [0.15, 0.2) is 65.1 Å². The van der Waals surface area contributed by atoms with Crippen LogP contribution in [-0.2, 0) is 6.42 Å². The molecular weight excluding hydrogens is 475 g/mol. The molecule has 1 N–H and O–H groups in total. The number of hydrogen-bond acceptors (Lipinski definition) is 4. The van der Waals surface area contributed by atoms with Crippen LogP contribution in [0.4, 0.5) is 5.69 Å². The van der Waals surface area contributed by atoms with Crippen LogP contribution in [0.1, 0.15) is 21.1 Å². The molecule has 3 aromatic carbocycles. The fourth-order valence-electron chi connectivity index (χ4n) is 3.31. The van der Waals surface area contributed by atoms with E-state index in [9.17, 15) is 4.79 Å².